The minimum Gasteiger partial charge on any atom is -0.497 e. The molecule has 1 N–H and O–H groups in total. The van der Waals surface area contributed by atoms with Crippen LogP contribution in [0.2, 0.25) is 0 Å². The molecular weight excluding hydrogens is 541 g/mol. The van der Waals surface area contributed by atoms with Gasteiger partial charge in [0.2, 0.25) is 3.79 Å². The van der Waals surface area contributed by atoms with Crippen LogP contribution in [0.4, 0.5) is 0 Å². The lowest BCUT2D eigenvalue weighted by Gasteiger charge is -2.26. The van der Waals surface area contributed by atoms with Crippen LogP contribution in [0.5, 0.6) is 0 Å². The number of carbonyl (C=O) groups is 2. The average molecular weight is 564 g/mol. The second-order valence-electron chi connectivity index (χ2n) is 7.77. The third-order valence-corrected chi connectivity index (χ3v) is 6.12. The zero-order chi connectivity index (χ0) is 25.6. The molecule has 188 valence electrons. The predicted octanol–water partition coefficient (Wildman–Crippen LogP) is 2.59. The summed E-state index contributed by atoms with van der Waals surface area (Å²) in [5.74, 6) is -2.74. The Morgan fingerprint density at radius 2 is 1.74 bits per heavy atom. The van der Waals surface area contributed by atoms with Gasteiger partial charge in [0.1, 0.15) is 12.5 Å². The molecule has 0 aromatic heterocycles. The highest BCUT2D eigenvalue weighted by molar-refractivity contribution is 7.84. The van der Waals surface area contributed by atoms with E-state index in [1.165, 1.54) is 18.0 Å². The number of nitrogens with zero attached hydrogens (tertiary/aromatic N) is 1. The third kappa shape index (κ3) is 8.95. The Morgan fingerprint density at radius 3 is 2.40 bits per heavy atom. The fourth-order valence-corrected chi connectivity index (χ4v) is 4.62. The summed E-state index contributed by atoms with van der Waals surface area (Å²) in [7, 11) is -4.55. The van der Waals surface area contributed by atoms with Crippen LogP contribution in [0.3, 0.4) is 0 Å². The van der Waals surface area contributed by atoms with Crippen LogP contribution in [0.1, 0.15) is 5.56 Å². The monoisotopic (exact) mass is 562 g/mol. The van der Waals surface area contributed by atoms with Gasteiger partial charge in [-0.2, -0.15) is 13.1 Å². The van der Waals surface area contributed by atoms with E-state index in [1.54, 1.807) is 6.08 Å². The van der Waals surface area contributed by atoms with Crippen molar-refractivity contribution < 1.29 is 31.5 Å². The highest BCUT2D eigenvalue weighted by Gasteiger charge is 2.41. The first-order chi connectivity index (χ1) is 16.4. The number of rotatable bonds is 8. The number of benzene rings is 2. The van der Waals surface area contributed by atoms with Crippen LogP contribution in [0.15, 0.2) is 54.6 Å². The van der Waals surface area contributed by atoms with E-state index < -0.39 is 45.7 Å². The van der Waals surface area contributed by atoms with Crippen LogP contribution in [0, 0.1) is 0 Å². The van der Waals surface area contributed by atoms with Gasteiger partial charge in [-0.25, -0.2) is 0 Å². The summed E-state index contributed by atoms with van der Waals surface area (Å²) in [6, 6.07) is 13.6. The summed E-state index contributed by atoms with van der Waals surface area (Å²) in [4.78, 5) is 25.8. The van der Waals surface area contributed by atoms with Crippen molar-refractivity contribution >= 4 is 74.9 Å². The van der Waals surface area contributed by atoms with Gasteiger partial charge in [0.15, 0.2) is 0 Å². The molecule has 9 nitrogen and oxygen atoms in total. The van der Waals surface area contributed by atoms with E-state index in [9.17, 15) is 18.0 Å². The van der Waals surface area contributed by atoms with Crippen molar-refractivity contribution in [1.29, 1.82) is 0 Å². The Balaban J connectivity index is 1.84. The number of hydrogen-bond donors (Lipinski definition) is 1. The molecule has 1 aliphatic rings. The van der Waals surface area contributed by atoms with Gasteiger partial charge in [-0.15, -0.1) is 0 Å². The molecule has 0 amide bonds. The van der Waals surface area contributed by atoms with Gasteiger partial charge in [0.25, 0.3) is 0 Å². The molecule has 0 bridgehead atoms. The molecule has 1 unspecified atom stereocenters. The number of nitrogens with one attached hydrogen (secondary N) is 1. The van der Waals surface area contributed by atoms with Crippen LogP contribution in [0.25, 0.3) is 10.8 Å². The highest BCUT2D eigenvalue weighted by atomic mass is 35.6. The molecule has 35 heavy (non-hydrogen) atoms. The molecule has 0 radical (unpaired) electrons. The minimum absolute atomic E-state index is 0.186. The second kappa shape index (κ2) is 11.9. The molecular formula is C21H22BCl3N2O7S. The van der Waals surface area contributed by atoms with Crippen molar-refractivity contribution in [2.24, 2.45) is 0 Å². The molecule has 1 atom stereocenters. The molecule has 2 aromatic rings. The third-order valence-electron chi connectivity index (χ3n) is 4.81. The fourth-order valence-electron chi connectivity index (χ4n) is 3.34. The second-order valence-corrected chi connectivity index (χ2v) is 11.7. The molecule has 0 saturated carbocycles. The van der Waals surface area contributed by atoms with E-state index >= 15 is 0 Å². The number of hydrogen-bond acceptors (Lipinski definition) is 8. The number of likely N-dealkylation sites (N-methyl/N-ethyl adjacent to an activating group) is 1. The van der Waals surface area contributed by atoms with E-state index in [-0.39, 0.29) is 13.1 Å². The standard InChI is InChI=1S/C21H22BCl3N2O7S/c1-27-12-19(28)33-22(34-20(29)13-27)18(26-35(30,31)32-14-21(23,24)25)11-5-9-16-8-4-7-15-6-2-3-10-17(15)16/h2-8,10-11,18,26H,9,12-14H2,1H3/b11-5+. The lowest BCUT2D eigenvalue weighted by Crippen LogP contribution is -2.53. The maximum Gasteiger partial charge on any atom is 0.622 e. The largest absolute Gasteiger partial charge is 0.622 e. The summed E-state index contributed by atoms with van der Waals surface area (Å²) in [6.07, 6.45) is 3.48. The first-order valence-electron chi connectivity index (χ1n) is 10.4. The SMILES string of the molecule is CN1CC(=O)OB(C(/C=C/Cc2cccc3ccccc23)NS(=O)(=O)OCC(Cl)(Cl)Cl)OC(=O)C1. The van der Waals surface area contributed by atoms with Gasteiger partial charge in [-0.1, -0.05) is 89.4 Å². The Kier molecular flexibility index (Phi) is 9.44. The van der Waals surface area contributed by atoms with Crippen molar-refractivity contribution in [3.05, 3.63) is 60.2 Å². The molecule has 3 rings (SSSR count). The topological polar surface area (TPSA) is 111 Å². The quantitative estimate of drug-likeness (QED) is 0.297. The van der Waals surface area contributed by atoms with Gasteiger partial charge in [0.05, 0.1) is 13.1 Å². The van der Waals surface area contributed by atoms with Crippen molar-refractivity contribution in [2.45, 2.75) is 16.2 Å². The van der Waals surface area contributed by atoms with Gasteiger partial charge in [0, 0.05) is 0 Å². The first kappa shape index (κ1) is 27.7. The number of fused-ring (bicyclic) bond motifs is 1. The van der Waals surface area contributed by atoms with Gasteiger partial charge < -0.3 is 9.31 Å². The van der Waals surface area contributed by atoms with Gasteiger partial charge >= 0.3 is 29.4 Å². The predicted molar refractivity (Wildman–Crippen MR) is 134 cm³/mol. The van der Waals surface area contributed by atoms with Crippen molar-refractivity contribution in [2.75, 3.05) is 26.7 Å². The summed E-state index contributed by atoms with van der Waals surface area (Å²) in [5.41, 5.74) is 0.974. The van der Waals surface area contributed by atoms with E-state index in [0.29, 0.717) is 6.42 Å². The maximum absolute atomic E-state index is 12.5. The Labute approximate surface area is 218 Å². The number of halogens is 3. The van der Waals surface area contributed by atoms with Crippen LogP contribution in [-0.2, 0) is 39.8 Å². The molecule has 0 spiro atoms. The van der Waals surface area contributed by atoms with E-state index in [1.807, 2.05) is 42.5 Å². The molecule has 1 saturated heterocycles. The summed E-state index contributed by atoms with van der Waals surface area (Å²) in [5, 5.41) is 2.07. The lowest BCUT2D eigenvalue weighted by molar-refractivity contribution is -0.145. The van der Waals surface area contributed by atoms with Crippen LogP contribution in [-0.4, -0.2) is 68.9 Å². The van der Waals surface area contributed by atoms with Crippen molar-refractivity contribution in [3.63, 3.8) is 0 Å². The first-order valence-corrected chi connectivity index (χ1v) is 12.9. The van der Waals surface area contributed by atoms with Crippen LogP contribution >= 0.6 is 34.8 Å². The Hall–Kier alpha value is -1.86. The number of allylic oxidation sites excluding steroid dienone is 1. The zero-order valence-electron chi connectivity index (χ0n) is 18.5. The molecule has 1 fully saturated rings. The maximum atomic E-state index is 12.5. The lowest BCUT2D eigenvalue weighted by atomic mass is 9.78. The Bertz CT molecular complexity index is 1180. The summed E-state index contributed by atoms with van der Waals surface area (Å²) >= 11 is 16.7. The molecule has 1 aliphatic heterocycles. The Morgan fingerprint density at radius 1 is 1.11 bits per heavy atom. The van der Waals surface area contributed by atoms with Crippen molar-refractivity contribution in [1.82, 2.24) is 9.62 Å². The summed E-state index contributed by atoms with van der Waals surface area (Å²) < 4.78 is 40.3. The fraction of sp³-hybridized carbons (Fsp3) is 0.333. The molecule has 14 heteroatoms. The summed E-state index contributed by atoms with van der Waals surface area (Å²) in [6.45, 7) is -1.14. The molecule has 0 aliphatic carbocycles. The number of carbonyl (C=O) groups excluding carboxylic acids is 2. The molecule has 2 aromatic carbocycles. The average Bonchev–Trinajstić information content (AvgIpc) is 2.75. The van der Waals surface area contributed by atoms with E-state index in [4.69, 9.17) is 48.3 Å². The van der Waals surface area contributed by atoms with E-state index in [0.717, 1.165) is 16.3 Å². The smallest absolute Gasteiger partial charge is 0.497 e. The van der Waals surface area contributed by atoms with Crippen molar-refractivity contribution in [3.8, 4) is 0 Å². The zero-order valence-corrected chi connectivity index (χ0v) is 21.6. The van der Waals surface area contributed by atoms with Gasteiger partial charge in [-0.05, 0) is 29.8 Å². The normalized spacial score (nSPS) is 17.2. The highest BCUT2D eigenvalue weighted by Crippen LogP contribution is 2.26. The number of alkyl halides is 3. The van der Waals surface area contributed by atoms with Crippen LogP contribution < -0.4 is 4.72 Å². The minimum atomic E-state index is -4.51. The molecule has 1 heterocycles. The van der Waals surface area contributed by atoms with E-state index in [2.05, 4.69) is 4.72 Å². The van der Waals surface area contributed by atoms with Gasteiger partial charge in [-0.3, -0.25) is 18.7 Å².